The van der Waals surface area contributed by atoms with Crippen molar-refractivity contribution in [3.05, 3.63) is 51.4 Å². The summed E-state index contributed by atoms with van der Waals surface area (Å²) in [4.78, 5) is 49.3. The number of anilines is 1. The Morgan fingerprint density at radius 2 is 1.87 bits per heavy atom. The second-order valence-corrected chi connectivity index (χ2v) is 9.07. The number of methoxy groups -OCH3 is 1. The molecule has 10 nitrogen and oxygen atoms in total. The van der Waals surface area contributed by atoms with E-state index in [1.165, 1.54) is 25.3 Å². The Labute approximate surface area is 228 Å². The SMILES string of the molecule is CCOc1cc(/C=C2\SC(=O)N(CC(=O)Nc3cc(C(F)(F)F)ccc3OC)C2=O)cc(Cl)c1OCC(=O)O. The van der Waals surface area contributed by atoms with Crippen molar-refractivity contribution in [2.45, 2.75) is 13.1 Å². The summed E-state index contributed by atoms with van der Waals surface area (Å²) >= 11 is 6.75. The van der Waals surface area contributed by atoms with Crippen LogP contribution in [0.25, 0.3) is 6.08 Å². The summed E-state index contributed by atoms with van der Waals surface area (Å²) in [5.74, 6) is -2.96. The van der Waals surface area contributed by atoms with E-state index in [2.05, 4.69) is 5.32 Å². The first-order chi connectivity index (χ1) is 18.3. The van der Waals surface area contributed by atoms with Gasteiger partial charge in [0.15, 0.2) is 18.1 Å². The Morgan fingerprint density at radius 1 is 1.15 bits per heavy atom. The van der Waals surface area contributed by atoms with Crippen LogP contribution >= 0.6 is 23.4 Å². The van der Waals surface area contributed by atoms with Crippen molar-refractivity contribution in [3.8, 4) is 17.2 Å². The third-order valence-electron chi connectivity index (χ3n) is 4.95. The molecular formula is C24H20ClF3N2O8S. The average molecular weight is 589 g/mol. The van der Waals surface area contributed by atoms with Crippen LogP contribution in [0.5, 0.6) is 17.2 Å². The third kappa shape index (κ3) is 7.35. The molecule has 0 aromatic heterocycles. The number of imide groups is 1. The van der Waals surface area contributed by atoms with Crippen LogP contribution in [0.1, 0.15) is 18.1 Å². The molecule has 0 radical (unpaired) electrons. The maximum atomic E-state index is 13.1. The first-order valence-electron chi connectivity index (χ1n) is 10.9. The zero-order valence-corrected chi connectivity index (χ0v) is 21.8. The van der Waals surface area contributed by atoms with Gasteiger partial charge in [-0.1, -0.05) is 11.6 Å². The van der Waals surface area contributed by atoms with E-state index in [0.29, 0.717) is 28.3 Å². The highest BCUT2D eigenvalue weighted by Gasteiger charge is 2.37. The first kappa shape index (κ1) is 29.6. The van der Waals surface area contributed by atoms with Crippen LogP contribution in [-0.2, 0) is 20.6 Å². The summed E-state index contributed by atoms with van der Waals surface area (Å²) in [5.41, 5.74) is -1.00. The molecule has 1 aliphatic rings. The minimum absolute atomic E-state index is 0.0120. The second-order valence-electron chi connectivity index (χ2n) is 7.67. The van der Waals surface area contributed by atoms with Crippen LogP contribution in [0.4, 0.5) is 23.7 Å². The number of benzene rings is 2. The maximum Gasteiger partial charge on any atom is 0.416 e. The molecule has 0 aliphatic carbocycles. The van der Waals surface area contributed by atoms with Gasteiger partial charge in [0.05, 0.1) is 34.9 Å². The van der Waals surface area contributed by atoms with Crippen molar-refractivity contribution in [1.82, 2.24) is 4.90 Å². The van der Waals surface area contributed by atoms with Gasteiger partial charge in [-0.2, -0.15) is 13.2 Å². The molecule has 0 spiro atoms. The number of nitrogens with zero attached hydrogens (tertiary/aromatic N) is 1. The highest BCUT2D eigenvalue weighted by molar-refractivity contribution is 8.18. The lowest BCUT2D eigenvalue weighted by atomic mass is 10.1. The molecule has 0 unspecified atom stereocenters. The van der Waals surface area contributed by atoms with Crippen molar-refractivity contribution in [3.63, 3.8) is 0 Å². The summed E-state index contributed by atoms with van der Waals surface area (Å²) in [5, 5.41) is 10.3. The van der Waals surface area contributed by atoms with Gasteiger partial charge in [0, 0.05) is 0 Å². The summed E-state index contributed by atoms with van der Waals surface area (Å²) in [6.45, 7) is 0.416. The summed E-state index contributed by atoms with van der Waals surface area (Å²) in [6.07, 6.45) is -3.36. The fourth-order valence-corrected chi connectivity index (χ4v) is 4.42. The molecule has 3 amide bonds. The van der Waals surface area contributed by atoms with Gasteiger partial charge in [-0.25, -0.2) is 4.79 Å². The van der Waals surface area contributed by atoms with E-state index in [1.54, 1.807) is 6.92 Å². The largest absolute Gasteiger partial charge is 0.495 e. The van der Waals surface area contributed by atoms with Crippen LogP contribution in [0.2, 0.25) is 5.02 Å². The molecule has 0 bridgehead atoms. The number of rotatable bonds is 10. The molecule has 2 aromatic carbocycles. The van der Waals surface area contributed by atoms with Gasteiger partial charge in [0.2, 0.25) is 5.91 Å². The Hall–Kier alpha value is -3.91. The van der Waals surface area contributed by atoms with Crippen LogP contribution in [0.3, 0.4) is 0 Å². The highest BCUT2D eigenvalue weighted by Crippen LogP contribution is 2.39. The Bertz CT molecular complexity index is 1350. The molecule has 0 saturated carbocycles. The molecule has 2 N–H and O–H groups in total. The molecule has 2 aromatic rings. The lowest BCUT2D eigenvalue weighted by molar-refractivity contribution is -0.139. The minimum Gasteiger partial charge on any atom is -0.495 e. The average Bonchev–Trinajstić information content (AvgIpc) is 3.10. The molecular weight excluding hydrogens is 569 g/mol. The van der Waals surface area contributed by atoms with Gasteiger partial charge in [-0.15, -0.1) is 0 Å². The lowest BCUT2D eigenvalue weighted by Crippen LogP contribution is -2.36. The number of thioether (sulfide) groups is 1. The smallest absolute Gasteiger partial charge is 0.416 e. The number of halogens is 4. The van der Waals surface area contributed by atoms with E-state index in [-0.39, 0.29) is 39.5 Å². The van der Waals surface area contributed by atoms with Crippen molar-refractivity contribution in [1.29, 1.82) is 0 Å². The number of carboxylic acid groups (broad SMARTS) is 1. The van der Waals surface area contributed by atoms with Crippen molar-refractivity contribution < 1.29 is 51.7 Å². The molecule has 0 atom stereocenters. The number of aliphatic carboxylic acids is 1. The van der Waals surface area contributed by atoms with Crippen LogP contribution in [-0.4, -0.2) is 59.9 Å². The van der Waals surface area contributed by atoms with Crippen molar-refractivity contribution in [2.24, 2.45) is 0 Å². The number of ether oxygens (including phenoxy) is 3. The standard InChI is InChI=1S/C24H20ClF3N2O8S/c1-3-37-17-7-12(6-14(25)21(17)38-11-20(32)33)8-18-22(34)30(23(35)39-18)10-19(31)29-15-9-13(24(26,27)28)4-5-16(15)36-2/h4-9H,3,10-11H2,1-2H3,(H,29,31)(H,32,33)/b18-8-. The van der Waals surface area contributed by atoms with Gasteiger partial charge in [-0.05, 0) is 60.7 Å². The Morgan fingerprint density at radius 3 is 2.49 bits per heavy atom. The number of carbonyl (C=O) groups is 4. The van der Waals surface area contributed by atoms with Gasteiger partial charge in [0.25, 0.3) is 11.1 Å². The van der Waals surface area contributed by atoms with Gasteiger partial charge < -0.3 is 24.6 Å². The minimum atomic E-state index is -4.67. The number of carboxylic acids is 1. The predicted octanol–water partition coefficient (Wildman–Crippen LogP) is 4.90. The normalized spacial score (nSPS) is 14.5. The van der Waals surface area contributed by atoms with E-state index >= 15 is 0 Å². The predicted molar refractivity (Wildman–Crippen MR) is 135 cm³/mol. The summed E-state index contributed by atoms with van der Waals surface area (Å²) < 4.78 is 54.8. The molecule has 1 fully saturated rings. The molecule has 3 rings (SSSR count). The van der Waals surface area contributed by atoms with E-state index in [1.807, 2.05) is 0 Å². The highest BCUT2D eigenvalue weighted by atomic mass is 35.5. The van der Waals surface area contributed by atoms with Gasteiger partial charge >= 0.3 is 12.1 Å². The maximum absolute atomic E-state index is 13.1. The summed E-state index contributed by atoms with van der Waals surface area (Å²) in [6, 6.07) is 5.27. The van der Waals surface area contributed by atoms with Crippen molar-refractivity contribution >= 4 is 58.1 Å². The number of hydrogen-bond donors (Lipinski definition) is 2. The lowest BCUT2D eigenvalue weighted by Gasteiger charge is -2.16. The van der Waals surface area contributed by atoms with E-state index in [0.717, 1.165) is 12.1 Å². The fourth-order valence-electron chi connectivity index (χ4n) is 3.31. The van der Waals surface area contributed by atoms with E-state index in [9.17, 15) is 32.3 Å². The molecule has 208 valence electrons. The number of carbonyl (C=O) groups excluding carboxylic acids is 3. The van der Waals surface area contributed by atoms with Crippen LogP contribution < -0.4 is 19.5 Å². The molecule has 1 aliphatic heterocycles. The topological polar surface area (TPSA) is 131 Å². The molecule has 39 heavy (non-hydrogen) atoms. The van der Waals surface area contributed by atoms with Gasteiger partial charge in [0.1, 0.15) is 12.3 Å². The zero-order chi connectivity index (χ0) is 28.9. The zero-order valence-electron chi connectivity index (χ0n) is 20.3. The molecule has 1 heterocycles. The number of nitrogens with one attached hydrogen (secondary N) is 1. The molecule has 15 heteroatoms. The van der Waals surface area contributed by atoms with E-state index < -0.39 is 47.9 Å². The Balaban J connectivity index is 1.79. The van der Waals surface area contributed by atoms with Gasteiger partial charge in [-0.3, -0.25) is 19.3 Å². The monoisotopic (exact) mass is 588 g/mol. The fraction of sp³-hybridized carbons (Fsp3) is 0.250. The number of alkyl halides is 3. The van der Waals surface area contributed by atoms with Crippen LogP contribution in [0.15, 0.2) is 35.2 Å². The van der Waals surface area contributed by atoms with Crippen molar-refractivity contribution in [2.75, 3.05) is 32.2 Å². The second kappa shape index (κ2) is 12.3. The first-order valence-corrected chi connectivity index (χ1v) is 12.1. The quantitative estimate of drug-likeness (QED) is 0.372. The third-order valence-corrected chi connectivity index (χ3v) is 6.13. The Kier molecular flexibility index (Phi) is 9.35. The molecule has 1 saturated heterocycles. The number of amides is 3. The summed E-state index contributed by atoms with van der Waals surface area (Å²) in [7, 11) is 1.20. The van der Waals surface area contributed by atoms with Crippen LogP contribution in [0, 0.1) is 0 Å². The number of hydrogen-bond acceptors (Lipinski definition) is 8. The van der Waals surface area contributed by atoms with E-state index in [4.69, 9.17) is 30.9 Å².